The Morgan fingerprint density at radius 3 is 2.58 bits per heavy atom. The van der Waals surface area contributed by atoms with Crippen molar-refractivity contribution in [2.45, 2.75) is 12.8 Å². The summed E-state index contributed by atoms with van der Waals surface area (Å²) >= 11 is 3.22. The minimum Gasteiger partial charge on any atom is -0.325 e. The molecule has 4 heteroatoms. The minimum atomic E-state index is -0.339. The van der Waals surface area contributed by atoms with E-state index < -0.39 is 0 Å². The van der Waals surface area contributed by atoms with Crippen molar-refractivity contribution >= 4 is 27.5 Å². The fraction of sp³-hybridized carbons (Fsp3) is 0.133. The topological polar surface area (TPSA) is 29.1 Å². The quantitative estimate of drug-likeness (QED) is 0.900. The zero-order chi connectivity index (χ0) is 13.7. The molecule has 0 saturated carbocycles. The molecule has 0 aliphatic heterocycles. The molecule has 2 aromatic carbocycles. The molecule has 0 heterocycles. The van der Waals surface area contributed by atoms with Gasteiger partial charge < -0.3 is 5.32 Å². The van der Waals surface area contributed by atoms with Crippen LogP contribution in [0, 0.1) is 5.82 Å². The van der Waals surface area contributed by atoms with Crippen molar-refractivity contribution in [2.24, 2.45) is 0 Å². The number of halogens is 2. The van der Waals surface area contributed by atoms with Gasteiger partial charge in [-0.1, -0.05) is 30.3 Å². The van der Waals surface area contributed by atoms with Crippen molar-refractivity contribution in [1.82, 2.24) is 0 Å². The lowest BCUT2D eigenvalue weighted by Gasteiger charge is -2.07. The summed E-state index contributed by atoms with van der Waals surface area (Å²) in [5.74, 6) is -0.426. The van der Waals surface area contributed by atoms with Gasteiger partial charge in [-0.25, -0.2) is 4.39 Å². The highest BCUT2D eigenvalue weighted by Crippen LogP contribution is 2.23. The smallest absolute Gasteiger partial charge is 0.224 e. The monoisotopic (exact) mass is 321 g/mol. The van der Waals surface area contributed by atoms with Crippen LogP contribution in [0.25, 0.3) is 0 Å². The van der Waals surface area contributed by atoms with Crippen LogP contribution in [-0.4, -0.2) is 5.91 Å². The molecule has 0 aliphatic carbocycles. The van der Waals surface area contributed by atoms with Gasteiger partial charge in [0.05, 0.1) is 5.69 Å². The van der Waals surface area contributed by atoms with Crippen LogP contribution >= 0.6 is 15.9 Å². The number of aryl methyl sites for hydroxylation is 1. The van der Waals surface area contributed by atoms with E-state index in [0.29, 0.717) is 23.0 Å². The van der Waals surface area contributed by atoms with E-state index in [-0.39, 0.29) is 11.7 Å². The van der Waals surface area contributed by atoms with Crippen molar-refractivity contribution in [3.05, 3.63) is 64.4 Å². The second kappa shape index (κ2) is 6.48. The molecule has 0 spiro atoms. The molecule has 1 amide bonds. The molecule has 2 rings (SSSR count). The lowest BCUT2D eigenvalue weighted by Crippen LogP contribution is -2.12. The zero-order valence-corrected chi connectivity index (χ0v) is 11.8. The highest BCUT2D eigenvalue weighted by Gasteiger charge is 2.06. The fourth-order valence-corrected chi connectivity index (χ4v) is 2.16. The van der Waals surface area contributed by atoms with Crippen LogP contribution in [0.2, 0.25) is 0 Å². The standard InChI is InChI=1S/C15H13BrFNO/c16-13-10-12(17)7-8-14(13)18-15(19)9-6-11-4-2-1-3-5-11/h1-5,7-8,10H,6,9H2,(H,18,19). The van der Waals surface area contributed by atoms with Gasteiger partial charge in [0.2, 0.25) is 5.91 Å². The average molecular weight is 322 g/mol. The van der Waals surface area contributed by atoms with Crippen LogP contribution in [0.1, 0.15) is 12.0 Å². The molecule has 0 aliphatic rings. The summed E-state index contributed by atoms with van der Waals surface area (Å²) in [6.07, 6.45) is 1.08. The van der Waals surface area contributed by atoms with E-state index in [1.807, 2.05) is 30.3 Å². The maximum absolute atomic E-state index is 12.9. The van der Waals surface area contributed by atoms with Crippen LogP contribution in [0.4, 0.5) is 10.1 Å². The van der Waals surface area contributed by atoms with Gasteiger partial charge in [-0.2, -0.15) is 0 Å². The minimum absolute atomic E-state index is 0.0869. The Morgan fingerprint density at radius 2 is 1.89 bits per heavy atom. The molecular weight excluding hydrogens is 309 g/mol. The van der Waals surface area contributed by atoms with Gasteiger partial charge in [0.1, 0.15) is 5.82 Å². The van der Waals surface area contributed by atoms with E-state index in [0.717, 1.165) is 5.56 Å². The third-order valence-electron chi connectivity index (χ3n) is 2.69. The highest BCUT2D eigenvalue weighted by molar-refractivity contribution is 9.10. The molecule has 2 aromatic rings. The number of hydrogen-bond acceptors (Lipinski definition) is 1. The highest BCUT2D eigenvalue weighted by atomic mass is 79.9. The summed E-state index contributed by atoms with van der Waals surface area (Å²) in [7, 11) is 0. The van der Waals surface area contributed by atoms with Gasteiger partial charge in [0.15, 0.2) is 0 Å². The molecule has 0 saturated heterocycles. The maximum atomic E-state index is 12.9. The second-order valence-electron chi connectivity index (χ2n) is 4.16. The molecule has 0 aromatic heterocycles. The Balaban J connectivity index is 1.91. The number of anilines is 1. The van der Waals surface area contributed by atoms with Gasteiger partial charge in [-0.3, -0.25) is 4.79 Å². The molecule has 98 valence electrons. The number of nitrogens with one attached hydrogen (secondary N) is 1. The van der Waals surface area contributed by atoms with Crippen LogP contribution in [0.15, 0.2) is 53.0 Å². The summed E-state index contributed by atoms with van der Waals surface area (Å²) in [5, 5.41) is 2.76. The first kappa shape index (κ1) is 13.7. The van der Waals surface area contributed by atoms with Crippen molar-refractivity contribution in [3.8, 4) is 0 Å². The molecule has 2 nitrogen and oxygen atoms in total. The van der Waals surface area contributed by atoms with Crippen LogP contribution in [0.3, 0.4) is 0 Å². The Kier molecular flexibility index (Phi) is 4.68. The van der Waals surface area contributed by atoms with Crippen LogP contribution in [-0.2, 0) is 11.2 Å². The van der Waals surface area contributed by atoms with Crippen LogP contribution in [0.5, 0.6) is 0 Å². The number of rotatable bonds is 4. The van der Waals surface area contributed by atoms with E-state index in [9.17, 15) is 9.18 Å². The van der Waals surface area contributed by atoms with Gasteiger partial charge in [0, 0.05) is 10.9 Å². The van der Waals surface area contributed by atoms with Gasteiger partial charge in [-0.05, 0) is 46.1 Å². The lowest BCUT2D eigenvalue weighted by molar-refractivity contribution is -0.116. The third-order valence-corrected chi connectivity index (χ3v) is 3.34. The van der Waals surface area contributed by atoms with Crippen molar-refractivity contribution in [2.75, 3.05) is 5.32 Å². The summed E-state index contributed by atoms with van der Waals surface area (Å²) in [4.78, 5) is 11.8. The summed E-state index contributed by atoms with van der Waals surface area (Å²) in [6.45, 7) is 0. The van der Waals surface area contributed by atoms with Crippen molar-refractivity contribution in [1.29, 1.82) is 0 Å². The zero-order valence-electron chi connectivity index (χ0n) is 10.2. The number of amides is 1. The first-order valence-corrected chi connectivity index (χ1v) is 6.73. The number of carbonyl (C=O) groups excluding carboxylic acids is 1. The molecular formula is C15H13BrFNO. The summed E-state index contributed by atoms with van der Waals surface area (Å²) < 4.78 is 13.5. The maximum Gasteiger partial charge on any atom is 0.224 e. The number of benzene rings is 2. The normalized spacial score (nSPS) is 10.2. The molecule has 0 bridgehead atoms. The molecule has 19 heavy (non-hydrogen) atoms. The molecule has 0 atom stereocenters. The largest absolute Gasteiger partial charge is 0.325 e. The predicted octanol–water partition coefficient (Wildman–Crippen LogP) is 4.16. The van der Waals surface area contributed by atoms with Crippen LogP contribution < -0.4 is 5.32 Å². The lowest BCUT2D eigenvalue weighted by atomic mass is 10.1. The van der Waals surface area contributed by atoms with Gasteiger partial charge in [0.25, 0.3) is 0 Å². The third kappa shape index (κ3) is 4.17. The Labute approximate surface area is 119 Å². The van der Waals surface area contributed by atoms with Crippen molar-refractivity contribution in [3.63, 3.8) is 0 Å². The van der Waals surface area contributed by atoms with E-state index >= 15 is 0 Å². The Bertz CT molecular complexity index is 572. The Hall–Kier alpha value is -1.68. The molecule has 0 radical (unpaired) electrons. The average Bonchev–Trinajstić information content (AvgIpc) is 2.41. The predicted molar refractivity (Wildman–Crippen MR) is 77.5 cm³/mol. The van der Waals surface area contributed by atoms with Gasteiger partial charge in [-0.15, -0.1) is 0 Å². The van der Waals surface area contributed by atoms with E-state index in [4.69, 9.17) is 0 Å². The molecule has 1 N–H and O–H groups in total. The van der Waals surface area contributed by atoms with E-state index in [1.165, 1.54) is 12.1 Å². The molecule has 0 fully saturated rings. The summed E-state index contributed by atoms with van der Waals surface area (Å²) in [6, 6.07) is 14.0. The first-order valence-electron chi connectivity index (χ1n) is 5.94. The number of carbonyl (C=O) groups is 1. The summed E-state index contributed by atoms with van der Waals surface area (Å²) in [5.41, 5.74) is 1.70. The second-order valence-corrected chi connectivity index (χ2v) is 5.01. The first-order chi connectivity index (χ1) is 9.15. The number of hydrogen-bond donors (Lipinski definition) is 1. The van der Waals surface area contributed by atoms with Crippen molar-refractivity contribution < 1.29 is 9.18 Å². The van der Waals surface area contributed by atoms with E-state index in [1.54, 1.807) is 6.07 Å². The molecule has 0 unspecified atom stereocenters. The fourth-order valence-electron chi connectivity index (χ4n) is 1.71. The SMILES string of the molecule is O=C(CCc1ccccc1)Nc1ccc(F)cc1Br. The van der Waals surface area contributed by atoms with Gasteiger partial charge >= 0.3 is 0 Å². The van der Waals surface area contributed by atoms with E-state index in [2.05, 4.69) is 21.2 Å². The Morgan fingerprint density at radius 1 is 1.16 bits per heavy atom.